The van der Waals surface area contributed by atoms with Gasteiger partial charge in [-0.25, -0.2) is 0 Å². The first-order valence-corrected chi connectivity index (χ1v) is 5.02. The molecule has 3 heteroatoms. The standard InChI is InChI=1S/C10H21NO2/c1-10(2,3)13-9-12-8-11-6-4-5-7-11/h4-9H2,1-3H3. The molecule has 0 aromatic carbocycles. The van der Waals surface area contributed by atoms with Crippen molar-refractivity contribution in [3.63, 3.8) is 0 Å². The summed E-state index contributed by atoms with van der Waals surface area (Å²) in [4.78, 5) is 2.31. The van der Waals surface area contributed by atoms with Crippen LogP contribution in [0.25, 0.3) is 0 Å². The van der Waals surface area contributed by atoms with Crippen LogP contribution in [0.3, 0.4) is 0 Å². The number of hydrogen-bond acceptors (Lipinski definition) is 3. The molecule has 1 aliphatic rings. The molecule has 0 unspecified atom stereocenters. The Balaban J connectivity index is 1.94. The van der Waals surface area contributed by atoms with Crippen LogP contribution in [0.2, 0.25) is 0 Å². The second-order valence-corrected chi connectivity index (χ2v) is 4.53. The normalized spacial score (nSPS) is 19.6. The largest absolute Gasteiger partial charge is 0.350 e. The van der Waals surface area contributed by atoms with Crippen LogP contribution in [0.1, 0.15) is 33.6 Å². The van der Waals surface area contributed by atoms with Gasteiger partial charge < -0.3 is 9.47 Å². The van der Waals surface area contributed by atoms with Gasteiger partial charge in [0.15, 0.2) is 0 Å². The smallest absolute Gasteiger partial charge is 0.149 e. The van der Waals surface area contributed by atoms with Gasteiger partial charge in [0, 0.05) is 13.1 Å². The summed E-state index contributed by atoms with van der Waals surface area (Å²) in [5.74, 6) is 0. The molecule has 0 aromatic heterocycles. The van der Waals surface area contributed by atoms with Crippen molar-refractivity contribution in [3.8, 4) is 0 Å². The molecular weight excluding hydrogens is 166 g/mol. The number of rotatable bonds is 4. The van der Waals surface area contributed by atoms with E-state index in [9.17, 15) is 0 Å². The molecule has 0 bridgehead atoms. The summed E-state index contributed by atoms with van der Waals surface area (Å²) < 4.78 is 10.8. The maximum atomic E-state index is 5.44. The van der Waals surface area contributed by atoms with E-state index >= 15 is 0 Å². The van der Waals surface area contributed by atoms with Crippen molar-refractivity contribution in [1.29, 1.82) is 0 Å². The molecule has 0 atom stereocenters. The van der Waals surface area contributed by atoms with Gasteiger partial charge in [0.1, 0.15) is 13.5 Å². The van der Waals surface area contributed by atoms with E-state index in [-0.39, 0.29) is 5.60 Å². The molecule has 0 aromatic rings. The Morgan fingerprint density at radius 2 is 1.77 bits per heavy atom. The molecular formula is C10H21NO2. The van der Waals surface area contributed by atoms with E-state index in [2.05, 4.69) is 4.90 Å². The minimum absolute atomic E-state index is 0.0923. The van der Waals surface area contributed by atoms with Gasteiger partial charge in [-0.3, -0.25) is 4.90 Å². The Kier molecular flexibility index (Phi) is 4.16. The first kappa shape index (κ1) is 11.0. The van der Waals surface area contributed by atoms with Gasteiger partial charge in [0.05, 0.1) is 5.60 Å². The molecule has 1 saturated heterocycles. The number of nitrogens with zero attached hydrogens (tertiary/aromatic N) is 1. The van der Waals surface area contributed by atoms with Crippen molar-refractivity contribution >= 4 is 0 Å². The lowest BCUT2D eigenvalue weighted by molar-refractivity contribution is -0.138. The predicted molar refractivity (Wildman–Crippen MR) is 52.5 cm³/mol. The summed E-state index contributed by atoms with van der Waals surface area (Å²) in [6, 6.07) is 0. The van der Waals surface area contributed by atoms with Gasteiger partial charge in [-0.15, -0.1) is 0 Å². The molecule has 0 radical (unpaired) electrons. The minimum atomic E-state index is -0.0923. The summed E-state index contributed by atoms with van der Waals surface area (Å²) >= 11 is 0. The first-order chi connectivity index (χ1) is 6.08. The van der Waals surface area contributed by atoms with Crippen LogP contribution < -0.4 is 0 Å². The van der Waals surface area contributed by atoms with Crippen molar-refractivity contribution in [2.24, 2.45) is 0 Å². The zero-order valence-electron chi connectivity index (χ0n) is 9.01. The van der Waals surface area contributed by atoms with Crippen LogP contribution in [-0.4, -0.2) is 37.1 Å². The second-order valence-electron chi connectivity index (χ2n) is 4.53. The molecule has 0 aliphatic carbocycles. The van der Waals surface area contributed by atoms with Crippen molar-refractivity contribution < 1.29 is 9.47 Å². The predicted octanol–water partition coefficient (Wildman–Crippen LogP) is 1.83. The van der Waals surface area contributed by atoms with Crippen molar-refractivity contribution in [3.05, 3.63) is 0 Å². The molecule has 78 valence electrons. The topological polar surface area (TPSA) is 21.7 Å². The van der Waals surface area contributed by atoms with Crippen LogP contribution in [0.5, 0.6) is 0 Å². The summed E-state index contributed by atoms with van der Waals surface area (Å²) in [7, 11) is 0. The Bertz CT molecular complexity index is 136. The van der Waals surface area contributed by atoms with Gasteiger partial charge in [0.2, 0.25) is 0 Å². The number of hydrogen-bond donors (Lipinski definition) is 0. The SMILES string of the molecule is CC(C)(C)OCOCN1CCCC1. The summed E-state index contributed by atoms with van der Waals surface area (Å²) in [6.45, 7) is 9.58. The minimum Gasteiger partial charge on any atom is -0.350 e. The Hall–Kier alpha value is -0.120. The zero-order chi connectivity index (χ0) is 9.73. The average molecular weight is 187 g/mol. The van der Waals surface area contributed by atoms with Gasteiger partial charge in [-0.05, 0) is 33.6 Å². The van der Waals surface area contributed by atoms with E-state index < -0.39 is 0 Å². The van der Waals surface area contributed by atoms with Crippen molar-refractivity contribution in [2.75, 3.05) is 26.6 Å². The third-order valence-electron chi connectivity index (χ3n) is 2.05. The van der Waals surface area contributed by atoms with E-state index in [0.29, 0.717) is 6.79 Å². The fourth-order valence-corrected chi connectivity index (χ4v) is 1.30. The quantitative estimate of drug-likeness (QED) is 0.495. The molecule has 1 heterocycles. The summed E-state index contributed by atoms with van der Waals surface area (Å²) in [6.07, 6.45) is 2.62. The van der Waals surface area contributed by atoms with E-state index in [1.165, 1.54) is 25.9 Å². The molecule has 1 aliphatic heterocycles. The van der Waals surface area contributed by atoms with Gasteiger partial charge >= 0.3 is 0 Å². The summed E-state index contributed by atoms with van der Waals surface area (Å²) in [5, 5.41) is 0. The van der Waals surface area contributed by atoms with E-state index in [1.807, 2.05) is 20.8 Å². The van der Waals surface area contributed by atoms with Crippen LogP contribution in [0.4, 0.5) is 0 Å². The highest BCUT2D eigenvalue weighted by molar-refractivity contribution is 4.62. The van der Waals surface area contributed by atoms with E-state index in [0.717, 1.165) is 6.73 Å². The Labute approximate surface area is 81.0 Å². The van der Waals surface area contributed by atoms with Crippen LogP contribution in [-0.2, 0) is 9.47 Å². The molecule has 0 amide bonds. The van der Waals surface area contributed by atoms with Crippen LogP contribution in [0.15, 0.2) is 0 Å². The lowest BCUT2D eigenvalue weighted by atomic mass is 10.2. The first-order valence-electron chi connectivity index (χ1n) is 5.02. The van der Waals surface area contributed by atoms with E-state index in [4.69, 9.17) is 9.47 Å². The molecule has 1 rings (SSSR count). The van der Waals surface area contributed by atoms with Gasteiger partial charge in [-0.1, -0.05) is 0 Å². The molecule has 0 saturated carbocycles. The molecule has 13 heavy (non-hydrogen) atoms. The third-order valence-corrected chi connectivity index (χ3v) is 2.05. The van der Waals surface area contributed by atoms with Gasteiger partial charge in [0.25, 0.3) is 0 Å². The fraction of sp³-hybridized carbons (Fsp3) is 1.00. The number of likely N-dealkylation sites (tertiary alicyclic amines) is 1. The Morgan fingerprint density at radius 3 is 2.31 bits per heavy atom. The molecule has 0 spiro atoms. The fourth-order valence-electron chi connectivity index (χ4n) is 1.30. The van der Waals surface area contributed by atoms with Crippen molar-refractivity contribution in [1.82, 2.24) is 4.90 Å². The third kappa shape index (κ3) is 5.24. The monoisotopic (exact) mass is 187 g/mol. The maximum Gasteiger partial charge on any atom is 0.149 e. The highest BCUT2D eigenvalue weighted by Gasteiger charge is 2.12. The number of ether oxygens (including phenoxy) is 2. The molecule has 0 N–H and O–H groups in total. The maximum absolute atomic E-state index is 5.44. The lowest BCUT2D eigenvalue weighted by Crippen LogP contribution is -2.26. The molecule has 3 nitrogen and oxygen atoms in total. The Morgan fingerprint density at radius 1 is 1.15 bits per heavy atom. The highest BCUT2D eigenvalue weighted by atomic mass is 16.7. The van der Waals surface area contributed by atoms with Crippen LogP contribution in [0, 0.1) is 0 Å². The van der Waals surface area contributed by atoms with Gasteiger partial charge in [-0.2, -0.15) is 0 Å². The summed E-state index contributed by atoms with van der Waals surface area (Å²) in [5.41, 5.74) is -0.0923. The second kappa shape index (κ2) is 4.94. The molecule has 1 fully saturated rings. The van der Waals surface area contributed by atoms with E-state index in [1.54, 1.807) is 0 Å². The van der Waals surface area contributed by atoms with Crippen molar-refractivity contribution in [2.45, 2.75) is 39.2 Å². The lowest BCUT2D eigenvalue weighted by Gasteiger charge is -2.21. The zero-order valence-corrected chi connectivity index (χ0v) is 9.01. The van der Waals surface area contributed by atoms with Crippen LogP contribution >= 0.6 is 0 Å². The average Bonchev–Trinajstić information content (AvgIpc) is 2.48. The highest BCUT2D eigenvalue weighted by Crippen LogP contribution is 2.08.